The second-order valence-electron chi connectivity index (χ2n) is 4.72. The minimum Gasteiger partial charge on any atom is -0.444 e. The normalized spacial score (nSPS) is 14.1. The number of hydrogen-bond acceptors (Lipinski definition) is 5. The van der Waals surface area contributed by atoms with Crippen LogP contribution in [0, 0.1) is 0 Å². The average Bonchev–Trinajstić information content (AvgIpc) is 2.65. The maximum absolute atomic E-state index is 9.15. The summed E-state index contributed by atoms with van der Waals surface area (Å²) in [6.07, 6.45) is 1.08. The summed E-state index contributed by atoms with van der Waals surface area (Å²) < 4.78 is 5.59. The molecule has 0 aliphatic rings. The summed E-state index contributed by atoms with van der Waals surface area (Å²) in [6, 6.07) is 0. The van der Waals surface area contributed by atoms with E-state index in [1.807, 2.05) is 0 Å². The molecule has 1 aromatic heterocycles. The molecule has 0 aromatic carbocycles. The fraction of sp³-hybridized carbons (Fsp3) is 0.727. The van der Waals surface area contributed by atoms with E-state index in [2.05, 4.69) is 25.8 Å². The monoisotopic (exact) mass is 245 g/mol. The number of aliphatic hydroxyl groups is 2. The van der Waals surface area contributed by atoms with Gasteiger partial charge in [0.25, 0.3) is 0 Å². The Bertz CT molecular complexity index is 319. The SMILES string of the molecule is CC(C)(C)c1cnc(CSCC(O)CO)o1. The van der Waals surface area contributed by atoms with E-state index in [0.29, 0.717) is 17.4 Å². The van der Waals surface area contributed by atoms with Crippen LogP contribution in [0.3, 0.4) is 0 Å². The van der Waals surface area contributed by atoms with Crippen molar-refractivity contribution in [2.75, 3.05) is 12.4 Å². The topological polar surface area (TPSA) is 66.5 Å². The first-order valence-electron chi connectivity index (χ1n) is 5.25. The highest BCUT2D eigenvalue weighted by Crippen LogP contribution is 2.24. The summed E-state index contributed by atoms with van der Waals surface area (Å²) in [4.78, 5) is 4.17. The summed E-state index contributed by atoms with van der Waals surface area (Å²) in [6.45, 7) is 6.01. The zero-order valence-corrected chi connectivity index (χ0v) is 10.8. The highest BCUT2D eigenvalue weighted by Gasteiger charge is 2.19. The number of aromatic nitrogens is 1. The van der Waals surface area contributed by atoms with Gasteiger partial charge in [0.15, 0.2) is 0 Å². The molecule has 0 aliphatic heterocycles. The van der Waals surface area contributed by atoms with Crippen molar-refractivity contribution in [1.82, 2.24) is 4.98 Å². The summed E-state index contributed by atoms with van der Waals surface area (Å²) >= 11 is 1.50. The van der Waals surface area contributed by atoms with Crippen LogP contribution in [0.5, 0.6) is 0 Å². The Balaban J connectivity index is 2.41. The van der Waals surface area contributed by atoms with E-state index in [1.165, 1.54) is 11.8 Å². The first-order valence-corrected chi connectivity index (χ1v) is 6.41. The number of oxazole rings is 1. The fourth-order valence-corrected chi connectivity index (χ4v) is 1.86. The molecule has 1 heterocycles. The van der Waals surface area contributed by atoms with Crippen molar-refractivity contribution in [3.05, 3.63) is 17.8 Å². The van der Waals surface area contributed by atoms with Crippen LogP contribution in [-0.4, -0.2) is 33.7 Å². The van der Waals surface area contributed by atoms with Crippen molar-refractivity contribution in [2.24, 2.45) is 0 Å². The molecule has 0 saturated carbocycles. The molecular weight excluding hydrogens is 226 g/mol. The number of hydrogen-bond donors (Lipinski definition) is 2. The molecule has 0 radical (unpaired) electrons. The Labute approximate surface area is 100 Å². The molecule has 2 N–H and O–H groups in total. The first kappa shape index (κ1) is 13.5. The molecule has 0 spiro atoms. The highest BCUT2D eigenvalue weighted by atomic mass is 32.2. The van der Waals surface area contributed by atoms with E-state index in [0.717, 1.165) is 5.76 Å². The predicted octanol–water partition coefficient (Wildman–Crippen LogP) is 1.56. The van der Waals surface area contributed by atoms with Crippen LogP contribution < -0.4 is 0 Å². The minimum atomic E-state index is -0.665. The van der Waals surface area contributed by atoms with E-state index < -0.39 is 6.10 Å². The molecule has 1 atom stereocenters. The second-order valence-corrected chi connectivity index (χ2v) is 5.75. The largest absolute Gasteiger partial charge is 0.444 e. The van der Waals surface area contributed by atoms with Crippen molar-refractivity contribution in [2.45, 2.75) is 38.0 Å². The van der Waals surface area contributed by atoms with Crippen LogP contribution in [-0.2, 0) is 11.2 Å². The molecule has 0 fully saturated rings. The number of thioether (sulfide) groups is 1. The molecule has 4 nitrogen and oxygen atoms in total. The van der Waals surface area contributed by atoms with Gasteiger partial charge in [0.1, 0.15) is 5.76 Å². The maximum Gasteiger partial charge on any atom is 0.204 e. The lowest BCUT2D eigenvalue weighted by atomic mass is 9.94. The maximum atomic E-state index is 9.15. The molecule has 0 amide bonds. The Kier molecular flexibility index (Phi) is 4.83. The lowest BCUT2D eigenvalue weighted by Crippen LogP contribution is -2.14. The molecule has 1 rings (SSSR count). The van der Waals surface area contributed by atoms with Crippen LogP contribution in [0.4, 0.5) is 0 Å². The highest BCUT2D eigenvalue weighted by molar-refractivity contribution is 7.98. The van der Waals surface area contributed by atoms with Crippen molar-refractivity contribution in [1.29, 1.82) is 0 Å². The van der Waals surface area contributed by atoms with Gasteiger partial charge >= 0.3 is 0 Å². The van der Waals surface area contributed by atoms with Crippen molar-refractivity contribution in [3.63, 3.8) is 0 Å². The van der Waals surface area contributed by atoms with Gasteiger partial charge in [-0.25, -0.2) is 4.98 Å². The quantitative estimate of drug-likeness (QED) is 0.824. The van der Waals surface area contributed by atoms with E-state index in [9.17, 15) is 0 Å². The Morgan fingerprint density at radius 2 is 2.19 bits per heavy atom. The van der Waals surface area contributed by atoms with Gasteiger partial charge < -0.3 is 14.6 Å². The number of rotatable bonds is 5. The van der Waals surface area contributed by atoms with Gasteiger partial charge in [-0.15, -0.1) is 11.8 Å². The third-order valence-electron chi connectivity index (χ3n) is 2.04. The van der Waals surface area contributed by atoms with Gasteiger partial charge in [-0.1, -0.05) is 20.8 Å². The van der Waals surface area contributed by atoms with Crippen LogP contribution in [0.1, 0.15) is 32.4 Å². The third-order valence-corrected chi connectivity index (χ3v) is 3.11. The molecule has 0 aliphatic carbocycles. The lowest BCUT2D eigenvalue weighted by Gasteiger charge is -2.13. The second kappa shape index (κ2) is 5.70. The first-order chi connectivity index (χ1) is 7.43. The van der Waals surface area contributed by atoms with Crippen LogP contribution in [0.2, 0.25) is 0 Å². The van der Waals surface area contributed by atoms with E-state index in [1.54, 1.807) is 6.20 Å². The van der Waals surface area contributed by atoms with Crippen molar-refractivity contribution < 1.29 is 14.6 Å². The van der Waals surface area contributed by atoms with Crippen LogP contribution in [0.25, 0.3) is 0 Å². The molecule has 5 heteroatoms. The molecule has 0 saturated heterocycles. The fourth-order valence-electron chi connectivity index (χ4n) is 1.06. The van der Waals surface area contributed by atoms with Gasteiger partial charge in [0.05, 0.1) is 24.7 Å². The zero-order valence-electron chi connectivity index (χ0n) is 9.93. The van der Waals surface area contributed by atoms with E-state index >= 15 is 0 Å². The lowest BCUT2D eigenvalue weighted by molar-refractivity contribution is 0.113. The summed E-state index contributed by atoms with van der Waals surface area (Å²) in [5.74, 6) is 2.64. The number of nitrogens with zero attached hydrogens (tertiary/aromatic N) is 1. The van der Waals surface area contributed by atoms with E-state index in [-0.39, 0.29) is 12.0 Å². The summed E-state index contributed by atoms with van der Waals surface area (Å²) in [5, 5.41) is 17.8. The number of aliphatic hydroxyl groups excluding tert-OH is 2. The Hall–Kier alpha value is -0.520. The molecule has 0 bridgehead atoms. The van der Waals surface area contributed by atoms with Gasteiger partial charge in [-0.3, -0.25) is 0 Å². The summed E-state index contributed by atoms with van der Waals surface area (Å²) in [7, 11) is 0. The predicted molar refractivity (Wildman–Crippen MR) is 64.5 cm³/mol. The average molecular weight is 245 g/mol. The van der Waals surface area contributed by atoms with Crippen molar-refractivity contribution >= 4 is 11.8 Å². The zero-order chi connectivity index (χ0) is 12.2. The Morgan fingerprint density at radius 3 is 2.69 bits per heavy atom. The smallest absolute Gasteiger partial charge is 0.204 e. The van der Waals surface area contributed by atoms with Crippen LogP contribution in [0.15, 0.2) is 10.6 Å². The van der Waals surface area contributed by atoms with Gasteiger partial charge in [0, 0.05) is 11.2 Å². The molecular formula is C11H19NO3S. The Morgan fingerprint density at radius 1 is 1.50 bits per heavy atom. The molecule has 92 valence electrons. The van der Waals surface area contributed by atoms with Crippen molar-refractivity contribution in [3.8, 4) is 0 Å². The van der Waals surface area contributed by atoms with Crippen LogP contribution >= 0.6 is 11.8 Å². The molecule has 1 unspecified atom stereocenters. The van der Waals surface area contributed by atoms with E-state index in [4.69, 9.17) is 14.6 Å². The minimum absolute atomic E-state index is 0.0273. The summed E-state index contributed by atoms with van der Waals surface area (Å²) in [5.41, 5.74) is -0.0273. The standard InChI is InChI=1S/C11H19NO3S/c1-11(2,3)9-4-12-10(15-9)7-16-6-8(14)5-13/h4,8,13-14H,5-7H2,1-3H3. The molecule has 16 heavy (non-hydrogen) atoms. The third kappa shape index (κ3) is 4.15. The van der Waals surface area contributed by atoms with Gasteiger partial charge in [-0.05, 0) is 0 Å². The molecule has 1 aromatic rings. The van der Waals surface area contributed by atoms with Gasteiger partial charge in [0.2, 0.25) is 5.89 Å². The van der Waals surface area contributed by atoms with Gasteiger partial charge in [-0.2, -0.15) is 0 Å².